The first-order valence-electron chi connectivity index (χ1n) is 8.80. The second kappa shape index (κ2) is 7.35. The molecule has 146 valence electrons. The van der Waals surface area contributed by atoms with Crippen molar-refractivity contribution in [2.24, 2.45) is 0 Å². The second-order valence-corrected chi connectivity index (χ2v) is 6.57. The Morgan fingerprint density at radius 2 is 1.52 bits per heavy atom. The lowest BCUT2D eigenvalue weighted by atomic mass is 9.98. The van der Waals surface area contributed by atoms with E-state index in [2.05, 4.69) is 5.32 Å². The highest BCUT2D eigenvalue weighted by Crippen LogP contribution is 2.44. The van der Waals surface area contributed by atoms with Gasteiger partial charge in [0, 0.05) is 12.0 Å². The van der Waals surface area contributed by atoms with Crippen LogP contribution >= 0.6 is 0 Å². The van der Waals surface area contributed by atoms with Gasteiger partial charge in [-0.25, -0.2) is 18.4 Å². The average Bonchev–Trinajstić information content (AvgIpc) is 3.02. The molecular formula is C22H15F2NO4. The Hall–Kier alpha value is -3.74. The van der Waals surface area contributed by atoms with E-state index in [1.165, 1.54) is 0 Å². The third kappa shape index (κ3) is 3.42. The average molecular weight is 395 g/mol. The van der Waals surface area contributed by atoms with Gasteiger partial charge in [0.1, 0.15) is 18.2 Å². The molecule has 0 bridgehead atoms. The molecule has 1 amide bonds. The number of carbonyl (C=O) groups is 2. The van der Waals surface area contributed by atoms with Crippen molar-refractivity contribution < 1.29 is 28.2 Å². The third-order valence-electron chi connectivity index (χ3n) is 4.87. The number of hydrogen-bond acceptors (Lipinski definition) is 3. The number of ether oxygens (including phenoxy) is 1. The fourth-order valence-corrected chi connectivity index (χ4v) is 3.55. The molecule has 0 radical (unpaired) electrons. The molecule has 0 fully saturated rings. The van der Waals surface area contributed by atoms with Gasteiger partial charge >= 0.3 is 12.1 Å². The van der Waals surface area contributed by atoms with Crippen molar-refractivity contribution in [3.8, 4) is 11.1 Å². The first kappa shape index (κ1) is 18.6. The number of carbonyl (C=O) groups excluding carboxylic acids is 1. The molecule has 0 saturated carbocycles. The normalized spacial score (nSPS) is 12.2. The van der Waals surface area contributed by atoms with Crippen LogP contribution in [0.2, 0.25) is 0 Å². The van der Waals surface area contributed by atoms with Gasteiger partial charge in [0.05, 0.1) is 11.3 Å². The SMILES string of the molecule is O=C(Nc1cc(C(=O)O)c(F)cc1F)OCC1c2ccccc2-c2ccccc21. The van der Waals surface area contributed by atoms with Gasteiger partial charge in [-0.15, -0.1) is 0 Å². The molecular weight excluding hydrogens is 380 g/mol. The highest BCUT2D eigenvalue weighted by atomic mass is 19.1. The van der Waals surface area contributed by atoms with Crippen LogP contribution in [0.3, 0.4) is 0 Å². The minimum absolute atomic E-state index is 0.00839. The van der Waals surface area contributed by atoms with Crippen molar-refractivity contribution >= 4 is 17.7 Å². The summed E-state index contributed by atoms with van der Waals surface area (Å²) < 4.78 is 32.6. The lowest BCUT2D eigenvalue weighted by Crippen LogP contribution is -2.19. The van der Waals surface area contributed by atoms with Gasteiger partial charge in [-0.2, -0.15) is 0 Å². The van der Waals surface area contributed by atoms with Gasteiger partial charge in [0.15, 0.2) is 0 Å². The zero-order chi connectivity index (χ0) is 20.5. The van der Waals surface area contributed by atoms with E-state index in [0.29, 0.717) is 12.1 Å². The molecule has 29 heavy (non-hydrogen) atoms. The zero-order valence-corrected chi connectivity index (χ0v) is 15.0. The monoisotopic (exact) mass is 395 g/mol. The van der Waals surface area contributed by atoms with Gasteiger partial charge in [-0.3, -0.25) is 5.32 Å². The Balaban J connectivity index is 1.51. The summed E-state index contributed by atoms with van der Waals surface area (Å²) in [5.41, 5.74) is 2.94. The molecule has 4 rings (SSSR count). The predicted molar refractivity (Wildman–Crippen MR) is 102 cm³/mol. The number of fused-ring (bicyclic) bond motifs is 3. The first-order valence-corrected chi connectivity index (χ1v) is 8.80. The summed E-state index contributed by atoms with van der Waals surface area (Å²) >= 11 is 0. The number of carboxylic acids is 1. The highest BCUT2D eigenvalue weighted by molar-refractivity contribution is 5.92. The molecule has 0 aliphatic heterocycles. The third-order valence-corrected chi connectivity index (χ3v) is 4.87. The number of hydrogen-bond donors (Lipinski definition) is 2. The van der Waals surface area contributed by atoms with Crippen LogP contribution in [0.4, 0.5) is 19.3 Å². The van der Waals surface area contributed by atoms with Crippen LogP contribution in [0, 0.1) is 11.6 Å². The Labute approximate surface area is 164 Å². The Morgan fingerprint density at radius 3 is 2.10 bits per heavy atom. The quantitative estimate of drug-likeness (QED) is 0.650. The second-order valence-electron chi connectivity index (χ2n) is 6.57. The molecule has 0 heterocycles. The number of halogens is 2. The fourth-order valence-electron chi connectivity index (χ4n) is 3.55. The van der Waals surface area contributed by atoms with E-state index in [9.17, 15) is 18.4 Å². The summed E-state index contributed by atoms with van der Waals surface area (Å²) in [4.78, 5) is 23.2. The van der Waals surface area contributed by atoms with Crippen LogP contribution in [0.5, 0.6) is 0 Å². The summed E-state index contributed by atoms with van der Waals surface area (Å²) in [5, 5.41) is 11.1. The van der Waals surface area contributed by atoms with Gasteiger partial charge in [-0.1, -0.05) is 48.5 Å². The molecule has 1 aliphatic rings. The molecule has 5 nitrogen and oxygen atoms in total. The van der Waals surface area contributed by atoms with Gasteiger partial charge < -0.3 is 9.84 Å². The molecule has 0 saturated heterocycles. The molecule has 2 N–H and O–H groups in total. The Bertz CT molecular complexity index is 1080. The van der Waals surface area contributed by atoms with E-state index in [0.717, 1.165) is 22.3 Å². The maximum Gasteiger partial charge on any atom is 0.411 e. The fraction of sp³-hybridized carbons (Fsp3) is 0.0909. The summed E-state index contributed by atoms with van der Waals surface area (Å²) in [6.07, 6.45) is -0.964. The molecule has 0 aromatic heterocycles. The van der Waals surface area contributed by atoms with Crippen molar-refractivity contribution in [3.63, 3.8) is 0 Å². The number of aromatic carboxylic acids is 1. The Morgan fingerprint density at radius 1 is 0.931 bits per heavy atom. The molecule has 0 atom stereocenters. The van der Waals surface area contributed by atoms with Crippen LogP contribution in [0.25, 0.3) is 11.1 Å². The van der Waals surface area contributed by atoms with E-state index in [1.807, 2.05) is 48.5 Å². The van der Waals surface area contributed by atoms with Crippen molar-refractivity contribution in [3.05, 3.63) is 89.0 Å². The van der Waals surface area contributed by atoms with Gasteiger partial charge in [-0.05, 0) is 28.3 Å². The van der Waals surface area contributed by atoms with Crippen LogP contribution in [-0.4, -0.2) is 23.8 Å². The van der Waals surface area contributed by atoms with Crippen molar-refractivity contribution in [2.45, 2.75) is 5.92 Å². The highest BCUT2D eigenvalue weighted by Gasteiger charge is 2.29. The maximum absolute atomic E-state index is 13.9. The molecule has 3 aromatic rings. The largest absolute Gasteiger partial charge is 0.478 e. The number of benzene rings is 3. The number of nitrogens with one attached hydrogen (secondary N) is 1. The zero-order valence-electron chi connectivity index (χ0n) is 15.0. The molecule has 1 aliphatic carbocycles. The minimum atomic E-state index is -1.57. The van der Waals surface area contributed by atoms with Crippen LogP contribution in [0.1, 0.15) is 27.4 Å². The van der Waals surface area contributed by atoms with Crippen molar-refractivity contribution in [2.75, 3.05) is 11.9 Å². The lowest BCUT2D eigenvalue weighted by Gasteiger charge is -2.15. The topological polar surface area (TPSA) is 75.6 Å². The summed E-state index contributed by atoms with van der Waals surface area (Å²) in [6, 6.07) is 16.7. The molecule has 3 aromatic carbocycles. The molecule has 7 heteroatoms. The number of anilines is 1. The van der Waals surface area contributed by atoms with Gasteiger partial charge in [0.25, 0.3) is 0 Å². The lowest BCUT2D eigenvalue weighted by molar-refractivity contribution is 0.0691. The number of amides is 1. The van der Waals surface area contributed by atoms with Gasteiger partial charge in [0.2, 0.25) is 0 Å². The van der Waals surface area contributed by atoms with E-state index < -0.39 is 34.9 Å². The molecule has 0 unspecified atom stereocenters. The Kier molecular flexibility index (Phi) is 4.72. The number of rotatable bonds is 4. The smallest absolute Gasteiger partial charge is 0.411 e. The van der Waals surface area contributed by atoms with Crippen LogP contribution in [0.15, 0.2) is 60.7 Å². The predicted octanol–water partition coefficient (Wildman–Crippen LogP) is 5.02. The van der Waals surface area contributed by atoms with E-state index in [4.69, 9.17) is 9.84 Å². The maximum atomic E-state index is 13.9. The van der Waals surface area contributed by atoms with E-state index in [1.54, 1.807) is 0 Å². The standard InChI is InChI=1S/C22H15F2NO4/c23-18-10-19(24)20(9-16(18)21(26)27)25-22(28)29-11-17-14-7-3-1-5-12(14)13-6-2-4-8-15(13)17/h1-10,17H,11H2,(H,25,28)(H,26,27). The van der Waals surface area contributed by atoms with Crippen molar-refractivity contribution in [1.29, 1.82) is 0 Å². The first-order chi connectivity index (χ1) is 14.0. The summed E-state index contributed by atoms with van der Waals surface area (Å²) in [7, 11) is 0. The minimum Gasteiger partial charge on any atom is -0.478 e. The van der Waals surface area contributed by atoms with Crippen LogP contribution in [-0.2, 0) is 4.74 Å². The van der Waals surface area contributed by atoms with Crippen LogP contribution < -0.4 is 5.32 Å². The summed E-state index contributed by atoms with van der Waals surface area (Å²) in [5.74, 6) is -4.08. The number of carboxylic acid groups (broad SMARTS) is 1. The van der Waals surface area contributed by atoms with E-state index >= 15 is 0 Å². The van der Waals surface area contributed by atoms with Crippen molar-refractivity contribution in [1.82, 2.24) is 0 Å². The molecule has 0 spiro atoms. The summed E-state index contributed by atoms with van der Waals surface area (Å²) in [6.45, 7) is 0.00839. The van der Waals surface area contributed by atoms with E-state index in [-0.39, 0.29) is 12.5 Å².